The van der Waals surface area contributed by atoms with Gasteiger partial charge in [-0.25, -0.2) is 4.79 Å². The number of carbonyl (C=O) groups is 2. The second kappa shape index (κ2) is 7.13. The Hall–Kier alpha value is -1.40. The molecular formula is C12H17NO4S. The summed E-state index contributed by atoms with van der Waals surface area (Å²) in [5.41, 5.74) is 0.502. The van der Waals surface area contributed by atoms with E-state index in [2.05, 4.69) is 10.1 Å². The Labute approximate surface area is 110 Å². The van der Waals surface area contributed by atoms with Crippen LogP contribution < -0.4 is 5.32 Å². The molecule has 0 fully saturated rings. The molecule has 1 aromatic heterocycles. The number of carbonyl (C=O) groups excluding carboxylic acids is 2. The highest BCUT2D eigenvalue weighted by Gasteiger charge is 2.15. The van der Waals surface area contributed by atoms with Crippen molar-refractivity contribution in [3.63, 3.8) is 0 Å². The number of nitrogens with one attached hydrogen (secondary N) is 1. The molecule has 100 valence electrons. The van der Waals surface area contributed by atoms with Gasteiger partial charge in [0, 0.05) is 13.5 Å². The van der Waals surface area contributed by atoms with Crippen molar-refractivity contribution in [2.24, 2.45) is 0 Å². The van der Waals surface area contributed by atoms with Crippen molar-refractivity contribution in [2.45, 2.75) is 25.9 Å². The lowest BCUT2D eigenvalue weighted by molar-refractivity contribution is -0.116. The maximum absolute atomic E-state index is 11.7. The highest BCUT2D eigenvalue weighted by Crippen LogP contribution is 2.23. The summed E-state index contributed by atoms with van der Waals surface area (Å²) in [7, 11) is 2.92. The third-order valence-electron chi connectivity index (χ3n) is 2.49. The summed E-state index contributed by atoms with van der Waals surface area (Å²) >= 11 is 1.24. The molecule has 0 radical (unpaired) electrons. The Morgan fingerprint density at radius 1 is 1.44 bits per heavy atom. The minimum absolute atomic E-state index is 0.0401. The fraction of sp³-hybridized carbons (Fsp3) is 0.500. The summed E-state index contributed by atoms with van der Waals surface area (Å²) in [4.78, 5) is 23.5. The maximum atomic E-state index is 11.7. The molecular weight excluding hydrogens is 254 g/mol. The highest BCUT2D eigenvalue weighted by atomic mass is 32.1. The quantitative estimate of drug-likeness (QED) is 0.806. The number of methoxy groups -OCH3 is 2. The zero-order valence-electron chi connectivity index (χ0n) is 10.7. The summed E-state index contributed by atoms with van der Waals surface area (Å²) in [6.07, 6.45) is 1.03. The van der Waals surface area contributed by atoms with Crippen molar-refractivity contribution >= 4 is 28.9 Å². The molecule has 6 heteroatoms. The molecule has 0 bridgehead atoms. The van der Waals surface area contributed by atoms with Crippen LogP contribution in [0.25, 0.3) is 0 Å². The van der Waals surface area contributed by atoms with Gasteiger partial charge >= 0.3 is 5.97 Å². The van der Waals surface area contributed by atoms with Gasteiger partial charge in [-0.05, 0) is 24.8 Å². The molecule has 5 nitrogen and oxygen atoms in total. The van der Waals surface area contributed by atoms with Gasteiger partial charge in [-0.1, -0.05) is 0 Å². The van der Waals surface area contributed by atoms with Crippen LogP contribution in [0, 0.1) is 0 Å². The normalized spacial score (nSPS) is 11.9. The molecule has 0 spiro atoms. The van der Waals surface area contributed by atoms with Crippen molar-refractivity contribution in [2.75, 3.05) is 19.5 Å². The summed E-state index contributed by atoms with van der Waals surface area (Å²) in [5, 5.41) is 4.44. The molecule has 0 aliphatic carbocycles. The molecule has 0 aliphatic rings. The predicted molar refractivity (Wildman–Crippen MR) is 70.0 cm³/mol. The molecule has 1 heterocycles. The summed E-state index contributed by atoms with van der Waals surface area (Å²) < 4.78 is 9.70. The van der Waals surface area contributed by atoms with Crippen molar-refractivity contribution in [3.8, 4) is 0 Å². The molecule has 18 heavy (non-hydrogen) atoms. The second-order valence-corrected chi connectivity index (χ2v) is 4.70. The van der Waals surface area contributed by atoms with Crippen LogP contribution in [0.4, 0.5) is 5.69 Å². The Morgan fingerprint density at radius 3 is 2.78 bits per heavy atom. The van der Waals surface area contributed by atoms with E-state index >= 15 is 0 Å². The molecule has 1 atom stereocenters. The van der Waals surface area contributed by atoms with Crippen LogP contribution in [-0.2, 0) is 14.3 Å². The first-order chi connectivity index (χ1) is 8.58. The van der Waals surface area contributed by atoms with Crippen LogP contribution in [-0.4, -0.2) is 32.2 Å². The molecule has 1 aromatic rings. The molecule has 0 aliphatic heterocycles. The Balaban J connectivity index is 2.54. The zero-order valence-corrected chi connectivity index (χ0v) is 11.5. The van der Waals surface area contributed by atoms with E-state index in [9.17, 15) is 9.59 Å². The van der Waals surface area contributed by atoms with Gasteiger partial charge in [0.15, 0.2) is 0 Å². The van der Waals surface area contributed by atoms with Crippen molar-refractivity contribution in [1.82, 2.24) is 0 Å². The fourth-order valence-corrected chi connectivity index (χ4v) is 2.09. The monoisotopic (exact) mass is 271 g/mol. The number of amides is 1. The smallest absolute Gasteiger partial charge is 0.350 e. The third kappa shape index (κ3) is 4.12. The number of anilines is 1. The van der Waals surface area contributed by atoms with Gasteiger partial charge in [0.2, 0.25) is 5.91 Å². The van der Waals surface area contributed by atoms with Gasteiger partial charge in [-0.3, -0.25) is 4.79 Å². The SMILES string of the molecule is COC(=O)c1sccc1NC(=O)CCC(C)OC. The van der Waals surface area contributed by atoms with E-state index in [4.69, 9.17) is 4.74 Å². The van der Waals surface area contributed by atoms with Crippen molar-refractivity contribution < 1.29 is 19.1 Å². The first-order valence-electron chi connectivity index (χ1n) is 5.57. The molecule has 0 saturated heterocycles. The molecule has 1 N–H and O–H groups in total. The zero-order chi connectivity index (χ0) is 13.5. The number of thiophene rings is 1. The van der Waals surface area contributed by atoms with Crippen LogP contribution in [0.1, 0.15) is 29.4 Å². The van der Waals surface area contributed by atoms with Crippen LogP contribution in [0.3, 0.4) is 0 Å². The Bertz CT molecular complexity index is 416. The molecule has 1 amide bonds. The van der Waals surface area contributed by atoms with Crippen LogP contribution in [0.15, 0.2) is 11.4 Å². The predicted octanol–water partition coefficient (Wildman–Crippen LogP) is 2.29. The topological polar surface area (TPSA) is 64.6 Å². The van der Waals surface area contributed by atoms with Crippen LogP contribution >= 0.6 is 11.3 Å². The van der Waals surface area contributed by atoms with Gasteiger partial charge in [0.05, 0.1) is 18.9 Å². The third-order valence-corrected chi connectivity index (χ3v) is 3.38. The van der Waals surface area contributed by atoms with E-state index < -0.39 is 5.97 Å². The fourth-order valence-electron chi connectivity index (χ4n) is 1.32. The van der Waals surface area contributed by atoms with Gasteiger partial charge in [-0.15, -0.1) is 11.3 Å². The highest BCUT2D eigenvalue weighted by molar-refractivity contribution is 7.12. The second-order valence-electron chi connectivity index (χ2n) is 3.79. The average molecular weight is 271 g/mol. The first-order valence-corrected chi connectivity index (χ1v) is 6.45. The summed E-state index contributed by atoms with van der Waals surface area (Å²) in [6, 6.07) is 1.69. The van der Waals surface area contributed by atoms with E-state index in [1.54, 1.807) is 18.6 Å². The van der Waals surface area contributed by atoms with E-state index in [0.717, 1.165) is 0 Å². The van der Waals surface area contributed by atoms with Crippen molar-refractivity contribution in [3.05, 3.63) is 16.3 Å². The summed E-state index contributed by atoms with van der Waals surface area (Å²) in [6.45, 7) is 1.90. The van der Waals surface area contributed by atoms with Crippen LogP contribution in [0.2, 0.25) is 0 Å². The maximum Gasteiger partial charge on any atom is 0.350 e. The Morgan fingerprint density at radius 2 is 2.17 bits per heavy atom. The lowest BCUT2D eigenvalue weighted by Crippen LogP contribution is -2.16. The number of hydrogen-bond acceptors (Lipinski definition) is 5. The minimum atomic E-state index is -0.439. The van der Waals surface area contributed by atoms with Crippen molar-refractivity contribution in [1.29, 1.82) is 0 Å². The average Bonchev–Trinajstić information content (AvgIpc) is 2.82. The minimum Gasteiger partial charge on any atom is -0.465 e. The molecule has 1 rings (SSSR count). The van der Waals surface area contributed by atoms with Crippen LogP contribution in [0.5, 0.6) is 0 Å². The van der Waals surface area contributed by atoms with Gasteiger partial charge in [0.1, 0.15) is 4.88 Å². The van der Waals surface area contributed by atoms with E-state index in [1.807, 2.05) is 6.92 Å². The number of ether oxygens (including phenoxy) is 2. The van der Waals surface area contributed by atoms with Gasteiger partial charge in [-0.2, -0.15) is 0 Å². The first kappa shape index (κ1) is 14.7. The number of esters is 1. The number of hydrogen-bond donors (Lipinski definition) is 1. The lowest BCUT2D eigenvalue weighted by atomic mass is 10.2. The molecule has 0 saturated carbocycles. The van der Waals surface area contributed by atoms with E-state index in [0.29, 0.717) is 23.4 Å². The molecule has 1 unspecified atom stereocenters. The lowest BCUT2D eigenvalue weighted by Gasteiger charge is -2.09. The standard InChI is InChI=1S/C12H17NO4S/c1-8(16-2)4-5-10(14)13-9-6-7-18-11(9)12(15)17-3/h6-8H,4-5H2,1-3H3,(H,13,14). The van der Waals surface area contributed by atoms with E-state index in [1.165, 1.54) is 18.4 Å². The molecule has 0 aromatic carbocycles. The van der Waals surface area contributed by atoms with Gasteiger partial charge in [0.25, 0.3) is 0 Å². The number of rotatable bonds is 6. The Kier molecular flexibility index (Phi) is 5.80. The van der Waals surface area contributed by atoms with Gasteiger partial charge < -0.3 is 14.8 Å². The summed E-state index contributed by atoms with van der Waals surface area (Å²) in [5.74, 6) is -0.576. The van der Waals surface area contributed by atoms with E-state index in [-0.39, 0.29) is 12.0 Å². The largest absolute Gasteiger partial charge is 0.465 e.